The molecule has 1 aromatic rings. The van der Waals surface area contributed by atoms with Gasteiger partial charge in [0.25, 0.3) is 5.78 Å². The summed E-state index contributed by atoms with van der Waals surface area (Å²) in [5, 5.41) is 0. The van der Waals surface area contributed by atoms with Crippen LogP contribution in [0.1, 0.15) is 38.1 Å². The number of benzene rings is 1. The van der Waals surface area contributed by atoms with E-state index >= 15 is 0 Å². The van der Waals surface area contributed by atoms with Gasteiger partial charge in [-0.25, -0.2) is 4.79 Å². The van der Waals surface area contributed by atoms with Crippen molar-refractivity contribution in [2.45, 2.75) is 33.8 Å². The van der Waals surface area contributed by atoms with E-state index in [4.69, 9.17) is 4.74 Å². The van der Waals surface area contributed by atoms with Crippen molar-refractivity contribution in [3.05, 3.63) is 29.8 Å². The molecular formula is C16H20O5. The summed E-state index contributed by atoms with van der Waals surface area (Å²) in [6, 6.07) is 6.48. The minimum absolute atomic E-state index is 0.0378. The summed E-state index contributed by atoms with van der Waals surface area (Å²) in [4.78, 5) is 35.3. The maximum atomic E-state index is 12.2. The zero-order valence-corrected chi connectivity index (χ0v) is 12.7. The number of ketones is 2. The third-order valence-corrected chi connectivity index (χ3v) is 2.77. The van der Waals surface area contributed by atoms with Crippen LogP contribution in [0.15, 0.2) is 24.3 Å². The highest BCUT2D eigenvalue weighted by Crippen LogP contribution is 2.17. The van der Waals surface area contributed by atoms with Crippen molar-refractivity contribution >= 4 is 17.5 Å². The fraction of sp³-hybridized carbons (Fsp3) is 0.438. The zero-order chi connectivity index (χ0) is 16.0. The second kappa shape index (κ2) is 7.57. The van der Waals surface area contributed by atoms with Gasteiger partial charge in [-0.1, -0.05) is 0 Å². The first-order chi connectivity index (χ1) is 9.86. The Morgan fingerprint density at radius 2 is 1.62 bits per heavy atom. The molecule has 5 nitrogen and oxygen atoms in total. The average Bonchev–Trinajstić information content (AvgIpc) is 2.45. The van der Waals surface area contributed by atoms with Gasteiger partial charge in [-0.2, -0.15) is 0 Å². The Labute approximate surface area is 124 Å². The Morgan fingerprint density at radius 3 is 2.10 bits per heavy atom. The molecule has 0 aromatic heterocycles. The molecule has 1 rings (SSSR count). The lowest BCUT2D eigenvalue weighted by molar-refractivity contribution is -0.154. The van der Waals surface area contributed by atoms with E-state index in [1.165, 1.54) is 6.92 Å². The molecule has 1 unspecified atom stereocenters. The maximum absolute atomic E-state index is 12.2. The number of hydrogen-bond acceptors (Lipinski definition) is 5. The molecule has 0 radical (unpaired) electrons. The first-order valence-corrected chi connectivity index (χ1v) is 6.88. The van der Waals surface area contributed by atoms with Gasteiger partial charge in [0.2, 0.25) is 0 Å². The molecule has 0 aliphatic rings. The van der Waals surface area contributed by atoms with E-state index in [1.54, 1.807) is 31.2 Å². The monoisotopic (exact) mass is 292 g/mol. The first kappa shape index (κ1) is 16.9. The lowest BCUT2D eigenvalue weighted by Crippen LogP contribution is -2.29. The molecule has 5 heteroatoms. The van der Waals surface area contributed by atoms with Crippen LogP contribution in [0.5, 0.6) is 5.75 Å². The summed E-state index contributed by atoms with van der Waals surface area (Å²) in [6.07, 6.45) is 0.0378. The van der Waals surface area contributed by atoms with Crippen molar-refractivity contribution in [2.75, 3.05) is 6.61 Å². The van der Waals surface area contributed by atoms with E-state index in [0.717, 1.165) is 0 Å². The van der Waals surface area contributed by atoms with Gasteiger partial charge in [0, 0.05) is 5.56 Å². The molecule has 0 aliphatic heterocycles. The molecule has 0 amide bonds. The van der Waals surface area contributed by atoms with Gasteiger partial charge in [-0.3, -0.25) is 9.59 Å². The van der Waals surface area contributed by atoms with Gasteiger partial charge < -0.3 is 9.47 Å². The van der Waals surface area contributed by atoms with Crippen LogP contribution in [0.4, 0.5) is 0 Å². The number of carbonyl (C=O) groups is 3. The average molecular weight is 292 g/mol. The van der Waals surface area contributed by atoms with Gasteiger partial charge in [-0.15, -0.1) is 0 Å². The molecule has 0 bridgehead atoms. The number of esters is 1. The Kier molecular flexibility index (Phi) is 6.09. The standard InChI is InChI=1S/C16H20O5/c1-5-20-16(19)15(18)11(4)14(17)12-6-8-13(9-7-12)21-10(2)3/h6-11H,5H2,1-4H3. The molecule has 0 saturated carbocycles. The van der Waals surface area contributed by atoms with Crippen LogP contribution in [0.2, 0.25) is 0 Å². The number of Topliss-reactive ketones (excluding diaryl/α,β-unsaturated/α-hetero) is 2. The highest BCUT2D eigenvalue weighted by Gasteiger charge is 2.29. The SMILES string of the molecule is CCOC(=O)C(=O)C(C)C(=O)c1ccc(OC(C)C)cc1. The number of carbonyl (C=O) groups excluding carboxylic acids is 3. The van der Waals surface area contributed by atoms with Crippen LogP contribution in [-0.2, 0) is 14.3 Å². The molecule has 114 valence electrons. The first-order valence-electron chi connectivity index (χ1n) is 6.88. The topological polar surface area (TPSA) is 69.7 Å². The molecule has 1 atom stereocenters. The normalized spacial score (nSPS) is 11.9. The highest BCUT2D eigenvalue weighted by atomic mass is 16.5. The van der Waals surface area contributed by atoms with Crippen molar-refractivity contribution in [2.24, 2.45) is 5.92 Å². The molecule has 0 fully saturated rings. The summed E-state index contributed by atoms with van der Waals surface area (Å²) in [5.74, 6) is -2.63. The predicted octanol–water partition coefficient (Wildman–Crippen LogP) is 2.42. The van der Waals surface area contributed by atoms with E-state index in [1.807, 2.05) is 13.8 Å². The Hall–Kier alpha value is -2.17. The van der Waals surface area contributed by atoms with Crippen molar-refractivity contribution < 1.29 is 23.9 Å². The zero-order valence-electron chi connectivity index (χ0n) is 12.7. The van der Waals surface area contributed by atoms with Crippen LogP contribution >= 0.6 is 0 Å². The predicted molar refractivity (Wildman–Crippen MR) is 77.3 cm³/mol. The van der Waals surface area contributed by atoms with Gasteiger partial charge in [0.05, 0.1) is 18.6 Å². The molecule has 0 spiro atoms. The van der Waals surface area contributed by atoms with Crippen molar-refractivity contribution in [1.29, 1.82) is 0 Å². The van der Waals surface area contributed by atoms with Crippen LogP contribution < -0.4 is 4.74 Å². The fourth-order valence-corrected chi connectivity index (χ4v) is 1.72. The second-order valence-electron chi connectivity index (χ2n) is 4.86. The van der Waals surface area contributed by atoms with Gasteiger partial charge >= 0.3 is 5.97 Å². The van der Waals surface area contributed by atoms with E-state index < -0.39 is 23.5 Å². The summed E-state index contributed by atoms with van der Waals surface area (Å²) >= 11 is 0. The van der Waals surface area contributed by atoms with E-state index in [-0.39, 0.29) is 12.7 Å². The van der Waals surface area contributed by atoms with Crippen LogP contribution in [0, 0.1) is 5.92 Å². The minimum Gasteiger partial charge on any atom is -0.491 e. The molecule has 0 N–H and O–H groups in total. The Bertz CT molecular complexity index is 516. The maximum Gasteiger partial charge on any atom is 0.375 e. The Morgan fingerprint density at radius 1 is 1.05 bits per heavy atom. The number of rotatable bonds is 7. The fourth-order valence-electron chi connectivity index (χ4n) is 1.72. The molecule has 1 aromatic carbocycles. The van der Waals surface area contributed by atoms with E-state index in [9.17, 15) is 14.4 Å². The molecule has 0 heterocycles. The van der Waals surface area contributed by atoms with Crippen molar-refractivity contribution in [1.82, 2.24) is 0 Å². The van der Waals surface area contributed by atoms with Gasteiger partial charge in [0.15, 0.2) is 5.78 Å². The Balaban J connectivity index is 2.78. The van der Waals surface area contributed by atoms with Gasteiger partial charge in [-0.05, 0) is 52.0 Å². The number of ether oxygens (including phenoxy) is 2. The van der Waals surface area contributed by atoms with Gasteiger partial charge in [0.1, 0.15) is 5.75 Å². The summed E-state index contributed by atoms with van der Waals surface area (Å²) in [6.45, 7) is 6.91. The smallest absolute Gasteiger partial charge is 0.375 e. The van der Waals surface area contributed by atoms with Crippen LogP contribution in [0.25, 0.3) is 0 Å². The largest absolute Gasteiger partial charge is 0.491 e. The van der Waals surface area contributed by atoms with Crippen LogP contribution in [0.3, 0.4) is 0 Å². The third kappa shape index (κ3) is 4.70. The highest BCUT2D eigenvalue weighted by molar-refractivity contribution is 6.39. The summed E-state index contributed by atoms with van der Waals surface area (Å²) in [7, 11) is 0. The molecule has 0 aliphatic carbocycles. The van der Waals surface area contributed by atoms with Crippen molar-refractivity contribution in [3.8, 4) is 5.75 Å². The molecule has 0 saturated heterocycles. The molecule has 21 heavy (non-hydrogen) atoms. The van der Waals surface area contributed by atoms with E-state index in [0.29, 0.717) is 11.3 Å². The minimum atomic E-state index is -1.05. The third-order valence-electron chi connectivity index (χ3n) is 2.77. The quantitative estimate of drug-likeness (QED) is 0.334. The van der Waals surface area contributed by atoms with Crippen molar-refractivity contribution in [3.63, 3.8) is 0 Å². The number of hydrogen-bond donors (Lipinski definition) is 0. The lowest BCUT2D eigenvalue weighted by Gasteiger charge is -2.11. The van der Waals surface area contributed by atoms with E-state index in [2.05, 4.69) is 4.74 Å². The lowest BCUT2D eigenvalue weighted by atomic mass is 9.95. The summed E-state index contributed by atoms with van der Waals surface area (Å²) < 4.78 is 10.1. The van der Waals surface area contributed by atoms with Crippen LogP contribution in [-0.4, -0.2) is 30.2 Å². The second-order valence-corrected chi connectivity index (χ2v) is 4.86. The summed E-state index contributed by atoms with van der Waals surface area (Å²) in [5.41, 5.74) is 0.358. The molecular weight excluding hydrogens is 272 g/mol.